The van der Waals surface area contributed by atoms with Crippen molar-refractivity contribution < 1.29 is 14.3 Å². The second-order valence-corrected chi connectivity index (χ2v) is 6.01. The summed E-state index contributed by atoms with van der Waals surface area (Å²) >= 11 is 0. The number of ether oxygens (including phenoxy) is 2. The lowest BCUT2D eigenvalue weighted by Crippen LogP contribution is -2.19. The van der Waals surface area contributed by atoms with E-state index < -0.39 is 5.97 Å². The van der Waals surface area contributed by atoms with Crippen LogP contribution in [0.15, 0.2) is 47.3 Å². The maximum Gasteiger partial charge on any atom is 0.340 e. The maximum atomic E-state index is 13.0. The Morgan fingerprint density at radius 1 is 1.04 bits per heavy atom. The summed E-state index contributed by atoms with van der Waals surface area (Å²) in [5.74, 6) is 0.187. The third-order valence-corrected chi connectivity index (χ3v) is 4.62. The number of nitrogens with zero attached hydrogens (tertiary/aromatic N) is 2. The summed E-state index contributed by atoms with van der Waals surface area (Å²) in [5, 5.41) is 1.22. The van der Waals surface area contributed by atoms with Gasteiger partial charge in [-0.2, -0.15) is 0 Å². The quantitative estimate of drug-likeness (QED) is 0.532. The Labute approximate surface area is 149 Å². The Kier molecular flexibility index (Phi) is 3.68. The van der Waals surface area contributed by atoms with E-state index in [1.54, 1.807) is 47.3 Å². The first-order chi connectivity index (χ1) is 12.6. The smallest absolute Gasteiger partial charge is 0.340 e. The van der Waals surface area contributed by atoms with Gasteiger partial charge in [0.1, 0.15) is 5.75 Å². The van der Waals surface area contributed by atoms with Gasteiger partial charge in [0.05, 0.1) is 41.4 Å². The second-order valence-electron chi connectivity index (χ2n) is 6.01. The Bertz CT molecular complexity index is 1230. The molecule has 4 rings (SSSR count). The van der Waals surface area contributed by atoms with Crippen LogP contribution in [0.2, 0.25) is 0 Å². The largest absolute Gasteiger partial charge is 0.497 e. The molecule has 6 heteroatoms. The van der Waals surface area contributed by atoms with E-state index in [0.29, 0.717) is 33.3 Å². The van der Waals surface area contributed by atoms with Crippen LogP contribution in [-0.2, 0) is 4.74 Å². The average molecular weight is 350 g/mol. The molecule has 0 amide bonds. The van der Waals surface area contributed by atoms with Crippen molar-refractivity contribution in [1.29, 1.82) is 0 Å². The van der Waals surface area contributed by atoms with Gasteiger partial charge < -0.3 is 9.47 Å². The number of carbonyl (C=O) groups excluding carboxylic acids is 1. The van der Waals surface area contributed by atoms with Gasteiger partial charge in [0.15, 0.2) is 0 Å². The van der Waals surface area contributed by atoms with Crippen molar-refractivity contribution >= 4 is 27.8 Å². The summed E-state index contributed by atoms with van der Waals surface area (Å²) in [7, 11) is 1.56. The van der Waals surface area contributed by atoms with Crippen molar-refractivity contribution in [2.45, 2.75) is 13.8 Å². The maximum absolute atomic E-state index is 13.0. The summed E-state index contributed by atoms with van der Waals surface area (Å²) in [6.45, 7) is 3.86. The summed E-state index contributed by atoms with van der Waals surface area (Å²) < 4.78 is 14.0. The number of hydrogen-bond donors (Lipinski definition) is 0. The van der Waals surface area contributed by atoms with Crippen LogP contribution in [0.1, 0.15) is 23.0 Å². The zero-order valence-electron chi connectivity index (χ0n) is 14.8. The van der Waals surface area contributed by atoms with Crippen LogP contribution in [0, 0.1) is 6.92 Å². The molecule has 0 aliphatic rings. The van der Waals surface area contributed by atoms with E-state index in [1.807, 2.05) is 25.1 Å². The van der Waals surface area contributed by atoms with Gasteiger partial charge in [-0.25, -0.2) is 13.8 Å². The van der Waals surface area contributed by atoms with Crippen molar-refractivity contribution in [2.24, 2.45) is 0 Å². The number of hydrogen-bond acceptors (Lipinski definition) is 4. The minimum absolute atomic E-state index is 0.130. The predicted molar refractivity (Wildman–Crippen MR) is 99.4 cm³/mol. The molecule has 0 aliphatic carbocycles. The van der Waals surface area contributed by atoms with Crippen LogP contribution >= 0.6 is 0 Å². The fourth-order valence-electron chi connectivity index (χ4n) is 3.49. The Morgan fingerprint density at radius 3 is 2.50 bits per heavy atom. The normalized spacial score (nSPS) is 11.3. The van der Waals surface area contributed by atoms with Crippen molar-refractivity contribution in [2.75, 3.05) is 13.7 Å². The molecule has 2 aromatic heterocycles. The summed E-state index contributed by atoms with van der Waals surface area (Å²) in [4.78, 5) is 25.7. The third-order valence-electron chi connectivity index (χ3n) is 4.62. The molecule has 26 heavy (non-hydrogen) atoms. The van der Waals surface area contributed by atoms with E-state index in [1.165, 1.54) is 0 Å². The highest BCUT2D eigenvalue weighted by molar-refractivity contribution is 6.05. The van der Waals surface area contributed by atoms with Crippen LogP contribution in [0.4, 0.5) is 0 Å². The Morgan fingerprint density at radius 2 is 1.77 bits per heavy atom. The van der Waals surface area contributed by atoms with Gasteiger partial charge in [0, 0.05) is 5.39 Å². The molecule has 0 aliphatic heterocycles. The van der Waals surface area contributed by atoms with Crippen LogP contribution in [0.3, 0.4) is 0 Å². The Hall–Kier alpha value is -3.28. The zero-order valence-corrected chi connectivity index (χ0v) is 14.8. The van der Waals surface area contributed by atoms with Gasteiger partial charge in [0.25, 0.3) is 5.56 Å². The summed E-state index contributed by atoms with van der Waals surface area (Å²) in [6, 6.07) is 12.7. The molecule has 0 spiro atoms. The van der Waals surface area contributed by atoms with Gasteiger partial charge in [-0.3, -0.25) is 4.79 Å². The highest BCUT2D eigenvalue weighted by Gasteiger charge is 2.22. The van der Waals surface area contributed by atoms with Crippen molar-refractivity contribution in [1.82, 2.24) is 9.03 Å². The minimum Gasteiger partial charge on any atom is -0.497 e. The number of benzene rings is 2. The lowest BCUT2D eigenvalue weighted by atomic mass is 10.1. The van der Waals surface area contributed by atoms with Gasteiger partial charge >= 0.3 is 5.97 Å². The van der Waals surface area contributed by atoms with Gasteiger partial charge in [-0.1, -0.05) is 12.1 Å². The topological polar surface area (TPSA) is 61.4 Å². The highest BCUT2D eigenvalue weighted by atomic mass is 16.5. The Balaban J connectivity index is 2.30. The van der Waals surface area contributed by atoms with Gasteiger partial charge in [0.2, 0.25) is 0 Å². The minimum atomic E-state index is -0.420. The third kappa shape index (κ3) is 2.12. The predicted octanol–water partition coefficient (Wildman–Crippen LogP) is 3.20. The first-order valence-corrected chi connectivity index (χ1v) is 8.38. The molecule has 0 unspecified atom stereocenters. The van der Waals surface area contributed by atoms with E-state index in [-0.39, 0.29) is 12.2 Å². The van der Waals surface area contributed by atoms with Crippen molar-refractivity contribution in [3.05, 3.63) is 64.1 Å². The molecule has 0 fully saturated rings. The molecule has 0 saturated heterocycles. The molecule has 0 bridgehead atoms. The lowest BCUT2D eigenvalue weighted by molar-refractivity contribution is 0.0527. The van der Waals surface area contributed by atoms with E-state index in [0.717, 1.165) is 5.52 Å². The number of carbonyl (C=O) groups is 1. The van der Waals surface area contributed by atoms with Crippen LogP contribution < -0.4 is 10.3 Å². The number of aromatic nitrogens is 2. The first kappa shape index (κ1) is 16.2. The lowest BCUT2D eigenvalue weighted by Gasteiger charge is -2.15. The van der Waals surface area contributed by atoms with E-state index in [9.17, 15) is 9.59 Å². The average Bonchev–Trinajstić information content (AvgIpc) is 2.95. The molecule has 132 valence electrons. The monoisotopic (exact) mass is 350 g/mol. The summed E-state index contributed by atoms with van der Waals surface area (Å²) in [6.07, 6.45) is 0. The number of rotatable bonds is 3. The van der Waals surface area contributed by atoms with Crippen LogP contribution in [0.5, 0.6) is 5.75 Å². The molecular formula is C20H18N2O4. The SMILES string of the molecule is CCOC(=O)c1c(C)n2c3ccccc3c(=O)n2c2ccc(OC)cc12. The molecule has 0 atom stereocenters. The number of para-hydroxylation sites is 1. The standard InChI is InChI=1S/C20H18N2O4/c1-4-26-20(24)18-12(2)21-16-8-6-5-7-14(16)19(23)22(21)17-10-9-13(25-3)11-15(17)18/h5-11H,4H2,1-3H3. The molecule has 0 radical (unpaired) electrons. The van der Waals surface area contributed by atoms with E-state index in [4.69, 9.17) is 9.47 Å². The first-order valence-electron chi connectivity index (χ1n) is 8.38. The number of aryl methyl sites for hydroxylation is 1. The molecule has 2 aromatic carbocycles. The van der Waals surface area contributed by atoms with E-state index >= 15 is 0 Å². The summed E-state index contributed by atoms with van der Waals surface area (Å²) in [5.41, 5.74) is 2.32. The molecule has 0 N–H and O–H groups in total. The second kappa shape index (κ2) is 5.91. The molecule has 6 nitrogen and oxygen atoms in total. The van der Waals surface area contributed by atoms with Gasteiger partial charge in [-0.05, 0) is 44.2 Å². The fraction of sp³-hybridized carbons (Fsp3) is 0.200. The van der Waals surface area contributed by atoms with Crippen molar-refractivity contribution in [3.63, 3.8) is 0 Å². The molecule has 4 aromatic rings. The fourth-order valence-corrected chi connectivity index (χ4v) is 3.49. The van der Waals surface area contributed by atoms with Gasteiger partial charge in [-0.15, -0.1) is 0 Å². The highest BCUT2D eigenvalue weighted by Crippen LogP contribution is 2.28. The molecule has 2 heterocycles. The number of fused-ring (bicyclic) bond motifs is 5. The van der Waals surface area contributed by atoms with Crippen LogP contribution in [0.25, 0.3) is 21.8 Å². The zero-order chi connectivity index (χ0) is 18.4. The van der Waals surface area contributed by atoms with E-state index in [2.05, 4.69) is 0 Å². The molecule has 0 saturated carbocycles. The van der Waals surface area contributed by atoms with Crippen LogP contribution in [-0.4, -0.2) is 28.7 Å². The number of methoxy groups -OCH3 is 1. The molecular weight excluding hydrogens is 332 g/mol. The van der Waals surface area contributed by atoms with Crippen molar-refractivity contribution in [3.8, 4) is 5.75 Å². The number of esters is 1.